The summed E-state index contributed by atoms with van der Waals surface area (Å²) in [5.74, 6) is 0. The van der Waals surface area contributed by atoms with Crippen molar-refractivity contribution in [3.8, 4) is 5.69 Å². The van der Waals surface area contributed by atoms with Gasteiger partial charge in [0.25, 0.3) is 0 Å². The fourth-order valence-electron chi connectivity index (χ4n) is 3.08. The monoisotopic (exact) mass is 401 g/mol. The van der Waals surface area contributed by atoms with Crippen molar-refractivity contribution in [2.24, 2.45) is 0 Å². The van der Waals surface area contributed by atoms with Crippen LogP contribution in [-0.2, 0) is 13.1 Å². The van der Waals surface area contributed by atoms with Gasteiger partial charge in [0.1, 0.15) is 0 Å². The Bertz CT molecular complexity index is 859. The SMILES string of the molecule is CN(C)CCN(Cc1ccccc1)Cc1cccn1-c1ccc(Cl)cc1Cl. The number of hydrogen-bond acceptors (Lipinski definition) is 2. The predicted octanol–water partition coefficient (Wildman–Crippen LogP) is 5.35. The van der Waals surface area contributed by atoms with Gasteiger partial charge in [0.2, 0.25) is 0 Å². The maximum atomic E-state index is 6.44. The molecule has 0 aliphatic heterocycles. The van der Waals surface area contributed by atoms with E-state index in [9.17, 15) is 0 Å². The second kappa shape index (κ2) is 9.43. The van der Waals surface area contributed by atoms with Crippen molar-refractivity contribution in [1.29, 1.82) is 0 Å². The Morgan fingerprint density at radius 1 is 0.852 bits per heavy atom. The van der Waals surface area contributed by atoms with E-state index in [4.69, 9.17) is 23.2 Å². The first-order chi connectivity index (χ1) is 13.0. The van der Waals surface area contributed by atoms with Crippen LogP contribution < -0.4 is 0 Å². The van der Waals surface area contributed by atoms with Gasteiger partial charge in [0.15, 0.2) is 0 Å². The summed E-state index contributed by atoms with van der Waals surface area (Å²) >= 11 is 12.5. The van der Waals surface area contributed by atoms with Crippen molar-refractivity contribution in [2.45, 2.75) is 13.1 Å². The van der Waals surface area contributed by atoms with Gasteiger partial charge in [-0.1, -0.05) is 53.5 Å². The highest BCUT2D eigenvalue weighted by Gasteiger charge is 2.13. The molecule has 1 aromatic heterocycles. The molecule has 3 aromatic rings. The molecule has 1 heterocycles. The van der Waals surface area contributed by atoms with Crippen LogP contribution in [0.4, 0.5) is 0 Å². The van der Waals surface area contributed by atoms with Gasteiger partial charge in [-0.3, -0.25) is 4.90 Å². The molecule has 0 unspecified atom stereocenters. The molecule has 0 amide bonds. The summed E-state index contributed by atoms with van der Waals surface area (Å²) < 4.78 is 2.15. The first-order valence-electron chi connectivity index (χ1n) is 9.05. The maximum Gasteiger partial charge on any atom is 0.0661 e. The van der Waals surface area contributed by atoms with E-state index in [1.165, 1.54) is 11.3 Å². The van der Waals surface area contributed by atoms with Gasteiger partial charge >= 0.3 is 0 Å². The van der Waals surface area contributed by atoms with E-state index in [0.717, 1.165) is 31.9 Å². The first kappa shape index (κ1) is 20.0. The number of nitrogens with zero attached hydrogens (tertiary/aromatic N) is 3. The molecule has 0 fully saturated rings. The summed E-state index contributed by atoms with van der Waals surface area (Å²) in [4.78, 5) is 4.68. The number of halogens is 2. The summed E-state index contributed by atoms with van der Waals surface area (Å²) in [5.41, 5.74) is 3.47. The molecule has 0 saturated heterocycles. The molecular weight excluding hydrogens is 377 g/mol. The van der Waals surface area contributed by atoms with E-state index < -0.39 is 0 Å². The lowest BCUT2D eigenvalue weighted by Crippen LogP contribution is -2.31. The minimum Gasteiger partial charge on any atom is -0.318 e. The van der Waals surface area contributed by atoms with E-state index >= 15 is 0 Å². The Labute approximate surface area is 171 Å². The number of hydrogen-bond donors (Lipinski definition) is 0. The van der Waals surface area contributed by atoms with Gasteiger partial charge in [0, 0.05) is 43.1 Å². The molecule has 0 radical (unpaired) electrons. The third-order valence-corrected chi connectivity index (χ3v) is 5.04. The highest BCUT2D eigenvalue weighted by Crippen LogP contribution is 2.26. The van der Waals surface area contributed by atoms with Crippen molar-refractivity contribution in [3.05, 3.63) is 88.2 Å². The summed E-state index contributed by atoms with van der Waals surface area (Å²) in [7, 11) is 4.22. The quantitative estimate of drug-likeness (QED) is 0.503. The summed E-state index contributed by atoms with van der Waals surface area (Å²) in [5, 5.41) is 1.30. The van der Waals surface area contributed by atoms with E-state index in [2.05, 4.69) is 77.1 Å². The molecule has 3 rings (SSSR count). The van der Waals surface area contributed by atoms with Gasteiger partial charge in [-0.15, -0.1) is 0 Å². The van der Waals surface area contributed by atoms with Crippen molar-refractivity contribution < 1.29 is 0 Å². The van der Waals surface area contributed by atoms with Gasteiger partial charge in [-0.25, -0.2) is 0 Å². The zero-order valence-corrected chi connectivity index (χ0v) is 17.3. The van der Waals surface area contributed by atoms with Crippen LogP contribution in [-0.4, -0.2) is 41.6 Å². The topological polar surface area (TPSA) is 11.4 Å². The van der Waals surface area contributed by atoms with Crippen LogP contribution in [0.15, 0.2) is 66.9 Å². The first-order valence-corrected chi connectivity index (χ1v) is 9.81. The predicted molar refractivity (Wildman–Crippen MR) is 115 cm³/mol. The molecule has 3 nitrogen and oxygen atoms in total. The van der Waals surface area contributed by atoms with E-state index in [0.29, 0.717) is 10.0 Å². The fourth-order valence-corrected chi connectivity index (χ4v) is 3.58. The van der Waals surface area contributed by atoms with Crippen LogP contribution in [0, 0.1) is 0 Å². The second-order valence-electron chi connectivity index (χ2n) is 6.96. The summed E-state index contributed by atoms with van der Waals surface area (Å²) in [6.45, 7) is 3.75. The zero-order chi connectivity index (χ0) is 19.2. The summed E-state index contributed by atoms with van der Waals surface area (Å²) in [6, 6.07) is 20.4. The van der Waals surface area contributed by atoms with Crippen LogP contribution in [0.5, 0.6) is 0 Å². The maximum absolute atomic E-state index is 6.44. The van der Waals surface area contributed by atoms with Crippen LogP contribution >= 0.6 is 23.2 Å². The van der Waals surface area contributed by atoms with Crippen molar-refractivity contribution in [1.82, 2.24) is 14.4 Å². The summed E-state index contributed by atoms with van der Waals surface area (Å²) in [6.07, 6.45) is 2.05. The highest BCUT2D eigenvalue weighted by atomic mass is 35.5. The normalized spacial score (nSPS) is 11.5. The third kappa shape index (κ3) is 5.60. The number of benzene rings is 2. The highest BCUT2D eigenvalue weighted by molar-refractivity contribution is 6.35. The lowest BCUT2D eigenvalue weighted by atomic mass is 10.2. The standard InChI is InChI=1S/C22H25Cl2N3/c1-25(2)13-14-26(16-18-7-4-3-5-8-18)17-20-9-6-12-27(20)22-11-10-19(23)15-21(22)24/h3-12,15H,13-14,16-17H2,1-2H3. The number of rotatable bonds is 8. The fraction of sp³-hybridized carbons (Fsp3) is 0.273. The number of likely N-dealkylation sites (N-methyl/N-ethyl adjacent to an activating group) is 1. The molecule has 0 aliphatic carbocycles. The van der Waals surface area contributed by atoms with Crippen LogP contribution in [0.2, 0.25) is 10.0 Å². The van der Waals surface area contributed by atoms with E-state index in [1.54, 1.807) is 6.07 Å². The van der Waals surface area contributed by atoms with Crippen molar-refractivity contribution in [2.75, 3.05) is 27.2 Å². The molecule has 0 bridgehead atoms. The Hall–Kier alpha value is -1.78. The minimum absolute atomic E-state index is 0.647. The van der Waals surface area contributed by atoms with Gasteiger partial charge in [-0.2, -0.15) is 0 Å². The van der Waals surface area contributed by atoms with Crippen LogP contribution in [0.1, 0.15) is 11.3 Å². The number of aromatic nitrogens is 1. The zero-order valence-electron chi connectivity index (χ0n) is 15.8. The van der Waals surface area contributed by atoms with Gasteiger partial charge in [0.05, 0.1) is 10.7 Å². The Morgan fingerprint density at radius 2 is 1.63 bits per heavy atom. The largest absolute Gasteiger partial charge is 0.318 e. The van der Waals surface area contributed by atoms with Gasteiger partial charge in [-0.05, 0) is 50.0 Å². The molecule has 0 spiro atoms. The Morgan fingerprint density at radius 3 is 2.33 bits per heavy atom. The van der Waals surface area contributed by atoms with Crippen molar-refractivity contribution >= 4 is 23.2 Å². The molecule has 27 heavy (non-hydrogen) atoms. The van der Waals surface area contributed by atoms with Crippen molar-refractivity contribution in [3.63, 3.8) is 0 Å². The Kier molecular flexibility index (Phi) is 6.97. The molecule has 0 N–H and O–H groups in total. The lowest BCUT2D eigenvalue weighted by molar-refractivity contribution is 0.223. The third-order valence-electron chi connectivity index (χ3n) is 4.50. The molecule has 142 valence electrons. The minimum atomic E-state index is 0.647. The van der Waals surface area contributed by atoms with E-state index in [1.807, 2.05) is 12.1 Å². The molecule has 5 heteroatoms. The van der Waals surface area contributed by atoms with Crippen LogP contribution in [0.3, 0.4) is 0 Å². The van der Waals surface area contributed by atoms with Gasteiger partial charge < -0.3 is 9.47 Å². The molecule has 2 aromatic carbocycles. The average molecular weight is 402 g/mol. The average Bonchev–Trinajstić information content (AvgIpc) is 3.08. The lowest BCUT2D eigenvalue weighted by Gasteiger charge is -2.25. The molecule has 0 aliphatic rings. The molecule has 0 atom stereocenters. The van der Waals surface area contributed by atoms with Crippen LogP contribution in [0.25, 0.3) is 5.69 Å². The molecule has 0 saturated carbocycles. The second-order valence-corrected chi connectivity index (χ2v) is 7.81. The molecular formula is C22H25Cl2N3. The van der Waals surface area contributed by atoms with E-state index in [-0.39, 0.29) is 0 Å². The smallest absolute Gasteiger partial charge is 0.0661 e. The Balaban J connectivity index is 1.82.